The first-order valence-electron chi connectivity index (χ1n) is 7.06. The van der Waals surface area contributed by atoms with Crippen LogP contribution in [0.25, 0.3) is 0 Å². The van der Waals surface area contributed by atoms with Gasteiger partial charge >= 0.3 is 0 Å². The summed E-state index contributed by atoms with van der Waals surface area (Å²) in [5, 5.41) is 3.20. The zero-order chi connectivity index (χ0) is 15.6. The van der Waals surface area contributed by atoms with Crippen LogP contribution < -0.4 is 5.32 Å². The Labute approximate surface area is 129 Å². The molecule has 114 valence electrons. The van der Waals surface area contributed by atoms with E-state index in [2.05, 4.69) is 5.32 Å². The van der Waals surface area contributed by atoms with Gasteiger partial charge in [0.15, 0.2) is 0 Å². The average molecular weight is 316 g/mol. The summed E-state index contributed by atoms with van der Waals surface area (Å²) in [6, 6.07) is 16.0. The van der Waals surface area contributed by atoms with Crippen molar-refractivity contribution < 1.29 is 13.2 Å². The van der Waals surface area contributed by atoms with Crippen LogP contribution in [0.3, 0.4) is 0 Å². The van der Waals surface area contributed by atoms with Crippen LogP contribution in [0.15, 0.2) is 59.5 Å². The van der Waals surface area contributed by atoms with Crippen molar-refractivity contribution in [3.05, 3.63) is 60.2 Å². The van der Waals surface area contributed by atoms with E-state index in [1.54, 1.807) is 18.2 Å². The van der Waals surface area contributed by atoms with Crippen LogP contribution in [-0.4, -0.2) is 31.7 Å². The van der Waals surface area contributed by atoms with E-state index in [1.807, 2.05) is 30.3 Å². The number of anilines is 1. The van der Waals surface area contributed by atoms with Crippen LogP contribution in [0, 0.1) is 0 Å². The van der Waals surface area contributed by atoms with Gasteiger partial charge in [0.25, 0.3) is 15.9 Å². The van der Waals surface area contributed by atoms with Crippen molar-refractivity contribution in [1.29, 1.82) is 0 Å². The molecule has 1 aliphatic rings. The maximum absolute atomic E-state index is 12.3. The topological polar surface area (TPSA) is 66.5 Å². The average Bonchev–Trinajstić information content (AvgIpc) is 2.73. The highest BCUT2D eigenvalue weighted by Gasteiger charge is 2.40. The van der Waals surface area contributed by atoms with Gasteiger partial charge in [0.05, 0.1) is 5.56 Å². The van der Waals surface area contributed by atoms with Gasteiger partial charge in [-0.15, -0.1) is 0 Å². The number of benzene rings is 2. The molecule has 0 aliphatic carbocycles. The zero-order valence-corrected chi connectivity index (χ0v) is 12.7. The van der Waals surface area contributed by atoms with Crippen molar-refractivity contribution >= 4 is 21.6 Å². The van der Waals surface area contributed by atoms with Crippen LogP contribution in [-0.2, 0) is 10.0 Å². The SMILES string of the molecule is O=C1c2ccccc2S(=O)(=O)N1CCCNc1ccccc1. The number of fused-ring (bicyclic) bond motifs is 1. The van der Waals surface area contributed by atoms with E-state index in [0.29, 0.717) is 13.0 Å². The van der Waals surface area contributed by atoms with E-state index in [9.17, 15) is 13.2 Å². The summed E-state index contributed by atoms with van der Waals surface area (Å²) in [5.74, 6) is -0.435. The second-order valence-electron chi connectivity index (χ2n) is 5.02. The van der Waals surface area contributed by atoms with E-state index in [1.165, 1.54) is 6.07 Å². The minimum atomic E-state index is -3.68. The van der Waals surface area contributed by atoms with Gasteiger partial charge in [0, 0.05) is 18.8 Å². The largest absolute Gasteiger partial charge is 0.385 e. The molecule has 0 saturated carbocycles. The number of nitrogens with one attached hydrogen (secondary N) is 1. The Morgan fingerprint density at radius 2 is 1.64 bits per heavy atom. The molecule has 0 spiro atoms. The summed E-state index contributed by atoms with van der Waals surface area (Å²) >= 11 is 0. The molecule has 1 heterocycles. The van der Waals surface area contributed by atoms with Crippen LogP contribution in [0.4, 0.5) is 5.69 Å². The molecule has 0 atom stereocenters. The third kappa shape index (κ3) is 2.57. The molecule has 5 nitrogen and oxygen atoms in total. The lowest BCUT2D eigenvalue weighted by Crippen LogP contribution is -2.31. The molecule has 0 aromatic heterocycles. The summed E-state index contributed by atoms with van der Waals surface area (Å²) in [7, 11) is -3.68. The Bertz CT molecular complexity index is 788. The van der Waals surface area contributed by atoms with Gasteiger partial charge in [0.1, 0.15) is 4.90 Å². The van der Waals surface area contributed by atoms with Crippen LogP contribution in [0.5, 0.6) is 0 Å². The van der Waals surface area contributed by atoms with Crippen molar-refractivity contribution in [3.8, 4) is 0 Å². The second-order valence-corrected chi connectivity index (χ2v) is 6.86. The minimum absolute atomic E-state index is 0.107. The Morgan fingerprint density at radius 1 is 0.955 bits per heavy atom. The number of nitrogens with zero attached hydrogens (tertiary/aromatic N) is 1. The Balaban J connectivity index is 1.63. The highest BCUT2D eigenvalue weighted by molar-refractivity contribution is 7.90. The predicted molar refractivity (Wildman–Crippen MR) is 84.2 cm³/mol. The molecule has 2 aromatic rings. The fourth-order valence-corrected chi connectivity index (χ4v) is 4.07. The zero-order valence-electron chi connectivity index (χ0n) is 11.9. The molecule has 1 amide bonds. The van der Waals surface area contributed by atoms with Crippen molar-refractivity contribution in [2.45, 2.75) is 11.3 Å². The molecule has 0 bridgehead atoms. The number of hydrogen-bond donors (Lipinski definition) is 1. The van der Waals surface area contributed by atoms with Crippen LogP contribution in [0.2, 0.25) is 0 Å². The van der Waals surface area contributed by atoms with Gasteiger partial charge in [-0.3, -0.25) is 4.79 Å². The number of rotatable bonds is 5. The lowest BCUT2D eigenvalue weighted by atomic mass is 10.2. The van der Waals surface area contributed by atoms with Crippen molar-refractivity contribution in [2.24, 2.45) is 0 Å². The monoisotopic (exact) mass is 316 g/mol. The van der Waals surface area contributed by atoms with E-state index >= 15 is 0 Å². The first-order valence-corrected chi connectivity index (χ1v) is 8.50. The molecule has 1 N–H and O–H groups in total. The van der Waals surface area contributed by atoms with E-state index in [-0.39, 0.29) is 17.0 Å². The first kappa shape index (κ1) is 14.6. The number of carbonyl (C=O) groups is 1. The third-order valence-corrected chi connectivity index (χ3v) is 5.39. The maximum atomic E-state index is 12.3. The number of carbonyl (C=O) groups excluding carboxylic acids is 1. The summed E-state index contributed by atoms with van der Waals surface area (Å²) in [5.41, 5.74) is 1.24. The van der Waals surface area contributed by atoms with Gasteiger partial charge in [-0.25, -0.2) is 12.7 Å². The van der Waals surface area contributed by atoms with Crippen molar-refractivity contribution in [1.82, 2.24) is 4.31 Å². The smallest absolute Gasteiger partial charge is 0.269 e. The number of amides is 1. The molecule has 0 saturated heterocycles. The Morgan fingerprint density at radius 3 is 2.36 bits per heavy atom. The summed E-state index contributed by atoms with van der Waals surface area (Å²) in [4.78, 5) is 12.3. The first-order chi connectivity index (χ1) is 10.6. The van der Waals surface area contributed by atoms with Crippen LogP contribution in [0.1, 0.15) is 16.8 Å². The quantitative estimate of drug-likeness (QED) is 0.860. The molecule has 22 heavy (non-hydrogen) atoms. The molecule has 2 aromatic carbocycles. The van der Waals surface area contributed by atoms with Gasteiger partial charge < -0.3 is 5.32 Å². The molecule has 0 fully saturated rings. The van der Waals surface area contributed by atoms with Gasteiger partial charge in [0.2, 0.25) is 0 Å². The van der Waals surface area contributed by atoms with Gasteiger partial charge in [-0.1, -0.05) is 30.3 Å². The fourth-order valence-electron chi connectivity index (χ4n) is 2.46. The minimum Gasteiger partial charge on any atom is -0.385 e. The van der Waals surface area contributed by atoms with E-state index < -0.39 is 15.9 Å². The normalized spacial score (nSPS) is 15.6. The van der Waals surface area contributed by atoms with E-state index in [4.69, 9.17) is 0 Å². The Hall–Kier alpha value is -2.34. The highest BCUT2D eigenvalue weighted by Crippen LogP contribution is 2.29. The molecule has 1 aliphatic heterocycles. The third-order valence-electron chi connectivity index (χ3n) is 3.55. The number of sulfonamides is 1. The second kappa shape index (κ2) is 5.81. The molecule has 6 heteroatoms. The molecular formula is C16H16N2O3S. The standard InChI is InChI=1S/C16H16N2O3S/c19-16-14-9-4-5-10-15(14)22(20,21)18(16)12-6-11-17-13-7-2-1-3-8-13/h1-5,7-10,17H,6,11-12H2. The molecular weight excluding hydrogens is 300 g/mol. The predicted octanol–water partition coefficient (Wildman–Crippen LogP) is 2.33. The van der Waals surface area contributed by atoms with Crippen molar-refractivity contribution in [2.75, 3.05) is 18.4 Å². The van der Waals surface area contributed by atoms with Crippen LogP contribution >= 0.6 is 0 Å². The summed E-state index contributed by atoms with van der Waals surface area (Å²) in [6.07, 6.45) is 0.549. The lowest BCUT2D eigenvalue weighted by Gasteiger charge is -2.15. The van der Waals surface area contributed by atoms with Gasteiger partial charge in [-0.05, 0) is 30.7 Å². The molecule has 0 unspecified atom stereocenters. The molecule has 3 rings (SSSR count). The molecule has 0 radical (unpaired) electrons. The van der Waals surface area contributed by atoms with E-state index in [0.717, 1.165) is 9.99 Å². The highest BCUT2D eigenvalue weighted by atomic mass is 32.2. The van der Waals surface area contributed by atoms with Gasteiger partial charge in [-0.2, -0.15) is 0 Å². The number of hydrogen-bond acceptors (Lipinski definition) is 4. The fraction of sp³-hybridized carbons (Fsp3) is 0.188. The summed E-state index contributed by atoms with van der Waals surface area (Å²) < 4.78 is 25.6. The summed E-state index contributed by atoms with van der Waals surface area (Å²) in [6.45, 7) is 0.773. The Kier molecular flexibility index (Phi) is 3.85. The number of para-hydroxylation sites is 1. The maximum Gasteiger partial charge on any atom is 0.269 e. The lowest BCUT2D eigenvalue weighted by molar-refractivity contribution is 0.0871. The van der Waals surface area contributed by atoms with Crippen molar-refractivity contribution in [3.63, 3.8) is 0 Å².